The predicted molar refractivity (Wildman–Crippen MR) is 41.1 cm³/mol. The molecule has 0 spiro atoms. The molecule has 0 fully saturated rings. The number of carbonyl (C=O) groups is 1. The van der Waals surface area contributed by atoms with Crippen LogP contribution in [0.5, 0.6) is 0 Å². The fourth-order valence-electron chi connectivity index (χ4n) is 0.576. The minimum atomic E-state index is -0.932. The fourth-order valence-corrected chi connectivity index (χ4v) is 0.576. The summed E-state index contributed by atoms with van der Waals surface area (Å²) in [5.41, 5.74) is 5.19. The monoisotopic (exact) mass is 157 g/mol. The van der Waals surface area contributed by atoms with Gasteiger partial charge in [-0.2, -0.15) is 0 Å². The summed E-state index contributed by atoms with van der Waals surface area (Å²) in [7, 11) is 0. The summed E-state index contributed by atoms with van der Waals surface area (Å²) < 4.78 is 0. The number of carboxylic acids is 1. The van der Waals surface area contributed by atoms with E-state index in [0.29, 0.717) is 0 Å². The van der Waals surface area contributed by atoms with Crippen molar-refractivity contribution in [1.29, 1.82) is 10.8 Å². The summed E-state index contributed by atoms with van der Waals surface area (Å²) in [6, 6.07) is 0. The first-order valence-corrected chi connectivity index (χ1v) is 3.13. The van der Waals surface area contributed by atoms with Gasteiger partial charge in [-0.25, -0.2) is 0 Å². The lowest BCUT2D eigenvalue weighted by atomic mass is 10.1. The fraction of sp³-hybridized carbons (Fsp3) is 0.500. The van der Waals surface area contributed by atoms with Crippen molar-refractivity contribution >= 4 is 17.5 Å². The van der Waals surface area contributed by atoms with Gasteiger partial charge in [0, 0.05) is 12.1 Å². The van der Waals surface area contributed by atoms with Crippen molar-refractivity contribution in [3.63, 3.8) is 0 Å². The number of nitrogens with two attached hydrogens (primary N) is 1. The minimum Gasteiger partial charge on any atom is -0.481 e. The number of hydrogen-bond acceptors (Lipinski definition) is 3. The third-order valence-electron chi connectivity index (χ3n) is 1.04. The predicted octanol–water partition coefficient (Wildman–Crippen LogP) is 0.197. The van der Waals surface area contributed by atoms with E-state index in [-0.39, 0.29) is 30.8 Å². The van der Waals surface area contributed by atoms with Crippen LogP contribution in [0.3, 0.4) is 0 Å². The van der Waals surface area contributed by atoms with Gasteiger partial charge in [-0.3, -0.25) is 10.2 Å². The Balaban J connectivity index is 3.53. The molecule has 0 amide bonds. The van der Waals surface area contributed by atoms with Gasteiger partial charge in [-0.1, -0.05) is 0 Å². The average Bonchev–Trinajstić information content (AvgIpc) is 1.82. The number of rotatable bonds is 5. The number of amidine groups is 1. The average molecular weight is 157 g/mol. The Morgan fingerprint density at radius 2 is 1.91 bits per heavy atom. The Morgan fingerprint density at radius 1 is 1.36 bits per heavy atom. The van der Waals surface area contributed by atoms with E-state index in [1.54, 1.807) is 0 Å². The number of aliphatic carboxylic acids is 1. The Hall–Kier alpha value is -1.39. The number of nitrogens with one attached hydrogen (secondary N) is 2. The summed E-state index contributed by atoms with van der Waals surface area (Å²) in [4.78, 5) is 10.0. The molecule has 0 bridgehead atoms. The molecule has 0 aliphatic heterocycles. The standard InChI is InChI=1S/C6H11N3O2/c7-4(3-5(8)9)1-2-6(10)11/h7H,1-3H2,(H3,8,9)(H,10,11). The third-order valence-corrected chi connectivity index (χ3v) is 1.04. The van der Waals surface area contributed by atoms with Crippen LogP contribution in [-0.4, -0.2) is 22.6 Å². The highest BCUT2D eigenvalue weighted by Gasteiger charge is 2.02. The molecular weight excluding hydrogens is 146 g/mol. The van der Waals surface area contributed by atoms with E-state index >= 15 is 0 Å². The van der Waals surface area contributed by atoms with Crippen LogP contribution in [0.25, 0.3) is 0 Å². The Kier molecular flexibility index (Phi) is 3.87. The molecule has 0 unspecified atom stereocenters. The maximum atomic E-state index is 10.0. The first-order chi connectivity index (χ1) is 5.02. The number of carboxylic acid groups (broad SMARTS) is 1. The zero-order valence-corrected chi connectivity index (χ0v) is 6.05. The quantitative estimate of drug-likeness (QED) is 0.337. The highest BCUT2D eigenvalue weighted by Crippen LogP contribution is 1.94. The van der Waals surface area contributed by atoms with Crippen molar-refractivity contribution in [3.05, 3.63) is 0 Å². The molecule has 5 nitrogen and oxygen atoms in total. The Morgan fingerprint density at radius 3 is 2.27 bits per heavy atom. The van der Waals surface area contributed by atoms with Crippen LogP contribution in [0.15, 0.2) is 0 Å². The zero-order valence-electron chi connectivity index (χ0n) is 6.05. The summed E-state index contributed by atoms with van der Waals surface area (Å²) in [5.74, 6) is -1.03. The van der Waals surface area contributed by atoms with Crippen LogP contribution in [0.2, 0.25) is 0 Å². The van der Waals surface area contributed by atoms with E-state index in [4.69, 9.17) is 21.7 Å². The van der Waals surface area contributed by atoms with Crippen molar-refractivity contribution in [2.45, 2.75) is 19.3 Å². The maximum Gasteiger partial charge on any atom is 0.303 e. The summed E-state index contributed by atoms with van der Waals surface area (Å²) in [6.07, 6.45) is 0.189. The van der Waals surface area contributed by atoms with Gasteiger partial charge in [0.1, 0.15) is 0 Å². The van der Waals surface area contributed by atoms with Crippen molar-refractivity contribution < 1.29 is 9.90 Å². The van der Waals surface area contributed by atoms with Gasteiger partial charge in [0.2, 0.25) is 0 Å². The lowest BCUT2D eigenvalue weighted by molar-refractivity contribution is -0.136. The second-order valence-electron chi connectivity index (χ2n) is 2.20. The van der Waals surface area contributed by atoms with Crippen LogP contribution in [-0.2, 0) is 4.79 Å². The second kappa shape index (κ2) is 4.43. The Labute approximate surface area is 64.2 Å². The van der Waals surface area contributed by atoms with Crippen molar-refractivity contribution in [3.8, 4) is 0 Å². The van der Waals surface area contributed by atoms with Crippen LogP contribution in [0.4, 0.5) is 0 Å². The maximum absolute atomic E-state index is 10.0. The molecule has 0 aliphatic carbocycles. The van der Waals surface area contributed by atoms with E-state index in [0.717, 1.165) is 0 Å². The van der Waals surface area contributed by atoms with Crippen molar-refractivity contribution in [2.75, 3.05) is 0 Å². The lowest BCUT2D eigenvalue weighted by Gasteiger charge is -1.98. The Bertz CT molecular complexity index is 188. The van der Waals surface area contributed by atoms with E-state index in [9.17, 15) is 4.79 Å². The molecule has 0 aliphatic rings. The second-order valence-corrected chi connectivity index (χ2v) is 2.20. The van der Waals surface area contributed by atoms with Gasteiger partial charge in [-0.15, -0.1) is 0 Å². The van der Waals surface area contributed by atoms with E-state index < -0.39 is 5.97 Å². The SMILES string of the molecule is N=C(N)CC(=N)CCC(=O)O. The van der Waals surface area contributed by atoms with Gasteiger partial charge >= 0.3 is 5.97 Å². The van der Waals surface area contributed by atoms with Crippen LogP contribution in [0, 0.1) is 10.8 Å². The summed E-state index contributed by atoms with van der Waals surface area (Å²) in [5, 5.41) is 22.1. The topological polar surface area (TPSA) is 111 Å². The first-order valence-electron chi connectivity index (χ1n) is 3.13. The van der Waals surface area contributed by atoms with Gasteiger partial charge in [0.05, 0.1) is 12.3 Å². The van der Waals surface area contributed by atoms with Crippen molar-refractivity contribution in [2.24, 2.45) is 5.73 Å². The molecule has 0 radical (unpaired) electrons. The summed E-state index contributed by atoms with van der Waals surface area (Å²) >= 11 is 0. The third kappa shape index (κ3) is 6.50. The highest BCUT2D eigenvalue weighted by molar-refractivity contribution is 6.00. The molecule has 0 saturated carbocycles. The molecule has 5 N–H and O–H groups in total. The van der Waals surface area contributed by atoms with Gasteiger partial charge in [-0.05, 0) is 6.42 Å². The zero-order chi connectivity index (χ0) is 8.85. The smallest absolute Gasteiger partial charge is 0.303 e. The molecule has 0 heterocycles. The van der Waals surface area contributed by atoms with Gasteiger partial charge in [0.25, 0.3) is 0 Å². The van der Waals surface area contributed by atoms with E-state index in [1.807, 2.05) is 0 Å². The highest BCUT2D eigenvalue weighted by atomic mass is 16.4. The summed E-state index contributed by atoms with van der Waals surface area (Å²) in [6.45, 7) is 0. The molecule has 11 heavy (non-hydrogen) atoms. The van der Waals surface area contributed by atoms with Gasteiger partial charge < -0.3 is 16.2 Å². The van der Waals surface area contributed by atoms with Crippen LogP contribution < -0.4 is 5.73 Å². The molecule has 0 atom stereocenters. The molecular formula is C6H11N3O2. The normalized spacial score (nSPS) is 9.09. The first kappa shape index (κ1) is 9.61. The molecule has 0 aromatic heterocycles. The van der Waals surface area contributed by atoms with Gasteiger partial charge in [0.15, 0.2) is 0 Å². The molecule has 0 aromatic carbocycles. The van der Waals surface area contributed by atoms with E-state index in [2.05, 4.69) is 0 Å². The molecule has 0 rings (SSSR count). The number of hydrogen-bond donors (Lipinski definition) is 4. The lowest BCUT2D eigenvalue weighted by Crippen LogP contribution is -2.15. The molecule has 0 saturated heterocycles. The molecule has 62 valence electrons. The van der Waals surface area contributed by atoms with E-state index in [1.165, 1.54) is 0 Å². The minimum absolute atomic E-state index is 0.0634. The molecule has 0 aromatic rings. The largest absolute Gasteiger partial charge is 0.481 e. The van der Waals surface area contributed by atoms with Crippen LogP contribution in [0.1, 0.15) is 19.3 Å². The molecule has 5 heteroatoms. The van der Waals surface area contributed by atoms with Crippen molar-refractivity contribution in [1.82, 2.24) is 0 Å². The van der Waals surface area contributed by atoms with Crippen LogP contribution >= 0.6 is 0 Å².